The second-order valence-electron chi connectivity index (χ2n) is 5.88. The van der Waals surface area contributed by atoms with Gasteiger partial charge >= 0.3 is 0 Å². The third-order valence-electron chi connectivity index (χ3n) is 4.27. The van der Waals surface area contributed by atoms with Gasteiger partial charge in [0.2, 0.25) is 11.8 Å². The molecule has 2 aromatic carbocycles. The molecule has 2 aromatic rings. The van der Waals surface area contributed by atoms with E-state index in [-0.39, 0.29) is 24.2 Å². The first kappa shape index (κ1) is 16.1. The lowest BCUT2D eigenvalue weighted by atomic mass is 10.1. The lowest BCUT2D eigenvalue weighted by Gasteiger charge is -2.19. The molecule has 0 aliphatic carbocycles. The van der Waals surface area contributed by atoms with E-state index in [4.69, 9.17) is 4.74 Å². The highest BCUT2D eigenvalue weighted by Crippen LogP contribution is 2.29. The average Bonchev–Trinajstić information content (AvgIpc) is 2.97. The molecule has 0 spiro atoms. The highest BCUT2D eigenvalue weighted by atomic mass is 16.5. The number of rotatable bonds is 4. The Bertz CT molecular complexity index is 773. The number of aryl methyl sites for hydroxylation is 1. The van der Waals surface area contributed by atoms with Crippen molar-refractivity contribution in [1.82, 2.24) is 0 Å². The van der Waals surface area contributed by atoms with Crippen molar-refractivity contribution in [2.45, 2.75) is 13.3 Å². The second-order valence-corrected chi connectivity index (χ2v) is 5.88. The number of benzene rings is 2. The zero-order chi connectivity index (χ0) is 17.1. The monoisotopic (exact) mass is 324 g/mol. The van der Waals surface area contributed by atoms with Gasteiger partial charge in [0.15, 0.2) is 0 Å². The molecule has 2 amide bonds. The summed E-state index contributed by atoms with van der Waals surface area (Å²) in [5.74, 6) is 0.0429. The molecule has 1 saturated heterocycles. The van der Waals surface area contributed by atoms with Crippen LogP contribution in [0.1, 0.15) is 12.0 Å². The second kappa shape index (κ2) is 6.74. The molecule has 1 N–H and O–H groups in total. The molecule has 1 fully saturated rings. The van der Waals surface area contributed by atoms with Gasteiger partial charge in [-0.05, 0) is 30.7 Å². The molecule has 0 aromatic heterocycles. The molecule has 1 atom stereocenters. The van der Waals surface area contributed by atoms with E-state index < -0.39 is 0 Å². The molecule has 5 nitrogen and oxygen atoms in total. The summed E-state index contributed by atoms with van der Waals surface area (Å²) in [5, 5.41) is 2.87. The van der Waals surface area contributed by atoms with Gasteiger partial charge in [0.25, 0.3) is 0 Å². The molecule has 1 aliphatic heterocycles. The maximum absolute atomic E-state index is 12.5. The Balaban J connectivity index is 1.74. The number of hydrogen-bond donors (Lipinski definition) is 1. The van der Waals surface area contributed by atoms with Gasteiger partial charge < -0.3 is 15.0 Å². The van der Waals surface area contributed by atoms with E-state index in [9.17, 15) is 9.59 Å². The molecule has 1 aliphatic rings. The predicted octanol–water partition coefficient (Wildman–Crippen LogP) is 3.00. The van der Waals surface area contributed by atoms with Crippen LogP contribution in [0.5, 0.6) is 5.75 Å². The van der Waals surface area contributed by atoms with Gasteiger partial charge in [0.1, 0.15) is 5.75 Å². The fraction of sp³-hybridized carbons (Fsp3) is 0.263. The molecular weight excluding hydrogens is 304 g/mol. The molecule has 0 bridgehead atoms. The summed E-state index contributed by atoms with van der Waals surface area (Å²) in [7, 11) is 1.56. The fourth-order valence-electron chi connectivity index (χ4n) is 2.97. The number of ether oxygens (including phenoxy) is 1. The number of hydrogen-bond acceptors (Lipinski definition) is 3. The minimum Gasteiger partial charge on any atom is -0.495 e. The Kier molecular flexibility index (Phi) is 4.51. The van der Waals surface area contributed by atoms with Crippen molar-refractivity contribution in [2.24, 2.45) is 5.92 Å². The number of amides is 2. The van der Waals surface area contributed by atoms with Crippen LogP contribution >= 0.6 is 0 Å². The average molecular weight is 324 g/mol. The Morgan fingerprint density at radius 2 is 1.88 bits per heavy atom. The van der Waals surface area contributed by atoms with Crippen molar-refractivity contribution in [2.75, 3.05) is 23.9 Å². The Morgan fingerprint density at radius 1 is 1.17 bits per heavy atom. The van der Waals surface area contributed by atoms with Crippen molar-refractivity contribution in [3.8, 4) is 5.75 Å². The first-order valence-electron chi connectivity index (χ1n) is 7.90. The smallest absolute Gasteiger partial charge is 0.229 e. The van der Waals surface area contributed by atoms with Gasteiger partial charge in [-0.25, -0.2) is 0 Å². The SMILES string of the molecule is COc1ccccc1NC(=O)[C@H]1CC(=O)N(c2ccccc2C)C1. The molecule has 1 heterocycles. The topological polar surface area (TPSA) is 58.6 Å². The molecule has 0 saturated carbocycles. The molecule has 124 valence electrons. The number of carbonyl (C=O) groups excluding carboxylic acids is 2. The summed E-state index contributed by atoms with van der Waals surface area (Å²) < 4.78 is 5.24. The predicted molar refractivity (Wildman–Crippen MR) is 93.3 cm³/mol. The maximum atomic E-state index is 12.5. The van der Waals surface area contributed by atoms with E-state index in [1.807, 2.05) is 43.3 Å². The van der Waals surface area contributed by atoms with Crippen molar-refractivity contribution in [3.63, 3.8) is 0 Å². The van der Waals surface area contributed by atoms with Gasteiger partial charge in [-0.3, -0.25) is 9.59 Å². The number of para-hydroxylation sites is 3. The van der Waals surface area contributed by atoms with Crippen LogP contribution in [-0.4, -0.2) is 25.5 Å². The first-order chi connectivity index (χ1) is 11.6. The van der Waals surface area contributed by atoms with Gasteiger partial charge in [0, 0.05) is 18.7 Å². The minimum atomic E-state index is -0.373. The van der Waals surface area contributed by atoms with Crippen LogP contribution in [0.4, 0.5) is 11.4 Å². The third-order valence-corrected chi connectivity index (χ3v) is 4.27. The van der Waals surface area contributed by atoms with Gasteiger partial charge in [-0.15, -0.1) is 0 Å². The molecule has 5 heteroatoms. The normalized spacial score (nSPS) is 17.0. The number of anilines is 2. The summed E-state index contributed by atoms with van der Waals surface area (Å²) >= 11 is 0. The molecule has 3 rings (SSSR count). The summed E-state index contributed by atoms with van der Waals surface area (Å²) in [6.07, 6.45) is 0.218. The van der Waals surface area contributed by atoms with E-state index in [1.54, 1.807) is 24.1 Å². The molecule has 0 radical (unpaired) electrons. The van der Waals surface area contributed by atoms with Crippen LogP contribution in [0.25, 0.3) is 0 Å². The van der Waals surface area contributed by atoms with E-state index >= 15 is 0 Å². The van der Waals surface area contributed by atoms with Gasteiger partial charge in [-0.2, -0.15) is 0 Å². The molecule has 24 heavy (non-hydrogen) atoms. The van der Waals surface area contributed by atoms with Crippen LogP contribution in [0.3, 0.4) is 0 Å². The van der Waals surface area contributed by atoms with E-state index in [2.05, 4.69) is 5.32 Å². The summed E-state index contributed by atoms with van der Waals surface area (Å²) in [6.45, 7) is 2.36. The Hall–Kier alpha value is -2.82. The maximum Gasteiger partial charge on any atom is 0.229 e. The number of methoxy groups -OCH3 is 1. The summed E-state index contributed by atoms with van der Waals surface area (Å²) in [5.41, 5.74) is 2.51. The van der Waals surface area contributed by atoms with Crippen molar-refractivity contribution in [3.05, 3.63) is 54.1 Å². The fourth-order valence-corrected chi connectivity index (χ4v) is 2.97. The number of nitrogens with one attached hydrogen (secondary N) is 1. The number of nitrogens with zero attached hydrogens (tertiary/aromatic N) is 1. The largest absolute Gasteiger partial charge is 0.495 e. The van der Waals surface area contributed by atoms with Crippen LogP contribution in [0.15, 0.2) is 48.5 Å². The van der Waals surface area contributed by atoms with Crippen molar-refractivity contribution in [1.29, 1.82) is 0 Å². The minimum absolute atomic E-state index is 0.0236. The van der Waals surface area contributed by atoms with Gasteiger partial charge in [0.05, 0.1) is 18.7 Å². The van der Waals surface area contributed by atoms with Crippen LogP contribution in [0, 0.1) is 12.8 Å². The highest BCUT2D eigenvalue weighted by Gasteiger charge is 2.35. The van der Waals surface area contributed by atoms with Gasteiger partial charge in [-0.1, -0.05) is 30.3 Å². The first-order valence-corrected chi connectivity index (χ1v) is 7.90. The van der Waals surface area contributed by atoms with Crippen molar-refractivity contribution < 1.29 is 14.3 Å². The zero-order valence-electron chi connectivity index (χ0n) is 13.8. The van der Waals surface area contributed by atoms with Crippen LogP contribution in [0.2, 0.25) is 0 Å². The molecular formula is C19H20N2O3. The number of carbonyl (C=O) groups is 2. The van der Waals surface area contributed by atoms with E-state index in [1.165, 1.54) is 0 Å². The quantitative estimate of drug-likeness (QED) is 0.940. The zero-order valence-corrected chi connectivity index (χ0v) is 13.8. The molecule has 0 unspecified atom stereocenters. The van der Waals surface area contributed by atoms with Crippen LogP contribution < -0.4 is 15.0 Å². The Labute approximate surface area is 141 Å². The lowest BCUT2D eigenvalue weighted by molar-refractivity contribution is -0.122. The standard InChI is InChI=1S/C19H20N2O3/c1-13-7-3-5-9-16(13)21-12-14(11-18(21)22)19(23)20-15-8-4-6-10-17(15)24-2/h3-10,14H,11-12H2,1-2H3,(H,20,23)/t14-/m0/s1. The summed E-state index contributed by atoms with van der Waals surface area (Å²) in [6, 6.07) is 15.0. The van der Waals surface area contributed by atoms with Crippen molar-refractivity contribution >= 4 is 23.2 Å². The van der Waals surface area contributed by atoms with E-state index in [0.29, 0.717) is 18.0 Å². The lowest BCUT2D eigenvalue weighted by Crippen LogP contribution is -2.28. The third kappa shape index (κ3) is 3.11. The Morgan fingerprint density at radius 3 is 2.62 bits per heavy atom. The highest BCUT2D eigenvalue weighted by molar-refractivity contribution is 6.04. The van der Waals surface area contributed by atoms with Crippen LogP contribution in [-0.2, 0) is 9.59 Å². The summed E-state index contributed by atoms with van der Waals surface area (Å²) in [4.78, 5) is 26.6. The van der Waals surface area contributed by atoms with E-state index in [0.717, 1.165) is 11.3 Å².